The molecule has 0 saturated heterocycles. The van der Waals surface area contributed by atoms with E-state index in [1.807, 2.05) is 47.3 Å². The van der Waals surface area contributed by atoms with E-state index in [4.69, 9.17) is 4.74 Å². The van der Waals surface area contributed by atoms with Crippen LogP contribution in [0.4, 0.5) is 0 Å². The summed E-state index contributed by atoms with van der Waals surface area (Å²) >= 11 is 1.60. The average Bonchev–Trinajstić information content (AvgIpc) is 3.30. The summed E-state index contributed by atoms with van der Waals surface area (Å²) in [6, 6.07) is 12.9. The monoisotopic (exact) mass is 378 g/mol. The van der Waals surface area contributed by atoms with Crippen molar-refractivity contribution in [3.63, 3.8) is 0 Å². The zero-order chi connectivity index (χ0) is 18.6. The summed E-state index contributed by atoms with van der Waals surface area (Å²) in [5.41, 5.74) is 3.16. The van der Waals surface area contributed by atoms with E-state index in [-0.39, 0.29) is 5.91 Å². The number of thiazole rings is 1. The largest absolute Gasteiger partial charge is 0.487 e. The molecule has 6 nitrogen and oxygen atoms in total. The van der Waals surface area contributed by atoms with E-state index < -0.39 is 0 Å². The fraction of sp³-hybridized carbons (Fsp3) is 0.150. The lowest BCUT2D eigenvalue weighted by Crippen LogP contribution is -2.22. The lowest BCUT2D eigenvalue weighted by atomic mass is 10.2. The number of imidazole rings is 1. The van der Waals surface area contributed by atoms with Gasteiger partial charge in [-0.1, -0.05) is 6.07 Å². The lowest BCUT2D eigenvalue weighted by Gasteiger charge is -2.06. The molecule has 0 atom stereocenters. The summed E-state index contributed by atoms with van der Waals surface area (Å²) in [7, 11) is 0. The van der Waals surface area contributed by atoms with Gasteiger partial charge in [0.25, 0.3) is 5.91 Å². The van der Waals surface area contributed by atoms with E-state index >= 15 is 0 Å². The van der Waals surface area contributed by atoms with Crippen molar-refractivity contribution in [1.82, 2.24) is 19.7 Å². The minimum absolute atomic E-state index is 0.145. The number of pyridine rings is 1. The molecule has 136 valence electrons. The standard InChI is InChI=1S/C20H18N4O2S/c1-14-22-17(13-27-14)12-26-18-7-5-15(6-8-18)20(25)21-10-16-11-24-9-3-2-4-19(24)23-16/h2-9,11,13H,10,12H2,1H3,(H,21,25). The summed E-state index contributed by atoms with van der Waals surface area (Å²) in [4.78, 5) is 21.2. The molecule has 7 heteroatoms. The van der Waals surface area contributed by atoms with Gasteiger partial charge in [0.15, 0.2) is 0 Å². The number of aromatic nitrogens is 3. The Kier molecular flexibility index (Phi) is 4.84. The van der Waals surface area contributed by atoms with Crippen LogP contribution >= 0.6 is 11.3 Å². The molecule has 0 aliphatic rings. The van der Waals surface area contributed by atoms with E-state index in [9.17, 15) is 4.79 Å². The molecule has 27 heavy (non-hydrogen) atoms. The number of nitrogens with zero attached hydrogens (tertiary/aromatic N) is 3. The molecule has 1 aromatic carbocycles. The van der Waals surface area contributed by atoms with Crippen molar-refractivity contribution in [2.24, 2.45) is 0 Å². The summed E-state index contributed by atoms with van der Waals surface area (Å²) in [5, 5.41) is 5.89. The Morgan fingerprint density at radius 1 is 1.15 bits per heavy atom. The van der Waals surface area contributed by atoms with Crippen molar-refractivity contribution in [2.75, 3.05) is 0 Å². The minimum Gasteiger partial charge on any atom is -0.487 e. The number of rotatable bonds is 6. The predicted molar refractivity (Wildman–Crippen MR) is 104 cm³/mol. The molecule has 0 spiro atoms. The molecule has 1 N–H and O–H groups in total. The van der Waals surface area contributed by atoms with Gasteiger partial charge in [0.2, 0.25) is 0 Å². The third-order valence-corrected chi connectivity index (χ3v) is 4.84. The number of carbonyl (C=O) groups excluding carboxylic acids is 1. The highest BCUT2D eigenvalue weighted by molar-refractivity contribution is 7.09. The first-order valence-corrected chi connectivity index (χ1v) is 9.40. The number of carbonyl (C=O) groups is 1. The number of hydrogen-bond acceptors (Lipinski definition) is 5. The van der Waals surface area contributed by atoms with Crippen LogP contribution < -0.4 is 10.1 Å². The topological polar surface area (TPSA) is 68.5 Å². The summed E-state index contributed by atoms with van der Waals surface area (Å²) in [6.07, 6.45) is 3.84. The average molecular weight is 378 g/mol. The second-order valence-electron chi connectivity index (χ2n) is 6.05. The number of amides is 1. The fourth-order valence-corrected chi connectivity index (χ4v) is 3.28. The molecule has 0 fully saturated rings. The molecule has 3 aromatic heterocycles. The number of hydrogen-bond donors (Lipinski definition) is 1. The molecule has 0 saturated carbocycles. The van der Waals surface area contributed by atoms with E-state index in [1.54, 1.807) is 35.6 Å². The summed E-state index contributed by atoms with van der Waals surface area (Å²) in [5.74, 6) is 0.561. The smallest absolute Gasteiger partial charge is 0.251 e. The van der Waals surface area contributed by atoms with Crippen molar-refractivity contribution < 1.29 is 9.53 Å². The van der Waals surface area contributed by atoms with Crippen molar-refractivity contribution in [1.29, 1.82) is 0 Å². The van der Waals surface area contributed by atoms with Gasteiger partial charge in [0.05, 0.1) is 22.9 Å². The number of aryl methyl sites for hydroxylation is 1. The summed E-state index contributed by atoms with van der Waals surface area (Å²) < 4.78 is 7.63. The van der Waals surface area contributed by atoms with Crippen LogP contribution in [0.5, 0.6) is 5.75 Å². The fourth-order valence-electron chi connectivity index (χ4n) is 2.68. The SMILES string of the molecule is Cc1nc(COc2ccc(C(=O)NCc3cn4ccccc4n3)cc2)cs1. The van der Waals surface area contributed by atoms with Crippen LogP contribution in [0, 0.1) is 6.92 Å². The van der Waals surface area contributed by atoms with Crippen molar-refractivity contribution in [3.05, 3.63) is 82.2 Å². The maximum atomic E-state index is 12.3. The van der Waals surface area contributed by atoms with Gasteiger partial charge in [-0.15, -0.1) is 11.3 Å². The highest BCUT2D eigenvalue weighted by Crippen LogP contribution is 2.15. The Labute approximate surface area is 160 Å². The third-order valence-electron chi connectivity index (χ3n) is 4.01. The molecule has 0 radical (unpaired) electrons. The minimum atomic E-state index is -0.145. The van der Waals surface area contributed by atoms with Crippen molar-refractivity contribution in [3.8, 4) is 5.75 Å². The molecule has 0 bridgehead atoms. The number of benzene rings is 1. The Balaban J connectivity index is 1.33. The highest BCUT2D eigenvalue weighted by Gasteiger charge is 2.08. The van der Waals surface area contributed by atoms with Crippen molar-refractivity contribution in [2.45, 2.75) is 20.1 Å². The molecule has 3 heterocycles. The highest BCUT2D eigenvalue weighted by atomic mass is 32.1. The molecule has 1 amide bonds. The zero-order valence-corrected chi connectivity index (χ0v) is 15.6. The normalized spacial score (nSPS) is 10.9. The Morgan fingerprint density at radius 3 is 2.74 bits per heavy atom. The van der Waals surface area contributed by atoms with Gasteiger partial charge in [-0.05, 0) is 43.3 Å². The molecular formula is C20H18N4O2S. The Bertz CT molecular complexity index is 1040. The van der Waals surface area contributed by atoms with Gasteiger partial charge >= 0.3 is 0 Å². The van der Waals surface area contributed by atoms with Crippen LogP contribution in [0.2, 0.25) is 0 Å². The molecule has 4 rings (SSSR count). The van der Waals surface area contributed by atoms with Gasteiger partial charge < -0.3 is 14.5 Å². The molecule has 0 aliphatic heterocycles. The first kappa shape index (κ1) is 17.2. The van der Waals surface area contributed by atoms with Crippen LogP contribution in [-0.2, 0) is 13.2 Å². The quantitative estimate of drug-likeness (QED) is 0.557. The first-order chi connectivity index (χ1) is 13.2. The van der Waals surface area contributed by atoms with Gasteiger partial charge in [0, 0.05) is 23.3 Å². The van der Waals surface area contributed by atoms with Crippen LogP contribution in [0.15, 0.2) is 60.2 Å². The van der Waals surface area contributed by atoms with E-state index in [0.29, 0.717) is 24.5 Å². The second kappa shape index (κ2) is 7.59. The van der Waals surface area contributed by atoms with E-state index in [0.717, 1.165) is 22.0 Å². The molecule has 0 unspecified atom stereocenters. The summed E-state index contributed by atoms with van der Waals surface area (Å²) in [6.45, 7) is 2.76. The van der Waals surface area contributed by atoms with Gasteiger partial charge in [0.1, 0.15) is 18.0 Å². The van der Waals surface area contributed by atoms with Gasteiger partial charge in [-0.25, -0.2) is 9.97 Å². The first-order valence-electron chi connectivity index (χ1n) is 8.52. The van der Waals surface area contributed by atoms with Crippen molar-refractivity contribution >= 4 is 22.9 Å². The second-order valence-corrected chi connectivity index (χ2v) is 7.11. The van der Waals surface area contributed by atoms with E-state index in [2.05, 4.69) is 15.3 Å². The maximum Gasteiger partial charge on any atom is 0.251 e. The lowest BCUT2D eigenvalue weighted by molar-refractivity contribution is 0.0950. The van der Waals surface area contributed by atoms with Crippen LogP contribution in [0.3, 0.4) is 0 Å². The van der Waals surface area contributed by atoms with Gasteiger partial charge in [-0.2, -0.15) is 0 Å². The molecule has 0 aliphatic carbocycles. The number of fused-ring (bicyclic) bond motifs is 1. The van der Waals surface area contributed by atoms with Crippen LogP contribution in [0.25, 0.3) is 5.65 Å². The van der Waals surface area contributed by atoms with E-state index in [1.165, 1.54) is 0 Å². The zero-order valence-electron chi connectivity index (χ0n) is 14.8. The predicted octanol–water partition coefficient (Wildman–Crippen LogP) is 3.61. The van der Waals surface area contributed by atoms with Crippen LogP contribution in [-0.4, -0.2) is 20.3 Å². The molecule has 4 aromatic rings. The Hall–Kier alpha value is -3.19. The number of nitrogens with one attached hydrogen (secondary N) is 1. The molecular weight excluding hydrogens is 360 g/mol. The Morgan fingerprint density at radius 2 is 2.00 bits per heavy atom. The third kappa shape index (κ3) is 4.15. The number of ether oxygens (including phenoxy) is 1. The van der Waals surface area contributed by atoms with Crippen LogP contribution in [0.1, 0.15) is 26.8 Å². The van der Waals surface area contributed by atoms with Gasteiger partial charge in [-0.3, -0.25) is 4.79 Å². The maximum absolute atomic E-state index is 12.3.